The van der Waals surface area contributed by atoms with E-state index >= 15 is 0 Å². The van der Waals surface area contributed by atoms with E-state index < -0.39 is 0 Å². The van der Waals surface area contributed by atoms with Crippen molar-refractivity contribution in [2.75, 3.05) is 0 Å². The highest BCUT2D eigenvalue weighted by atomic mass is 14.4. The second-order valence-electron chi connectivity index (χ2n) is 6.97. The first-order chi connectivity index (χ1) is 7.90. The van der Waals surface area contributed by atoms with Gasteiger partial charge < -0.3 is 0 Å². The van der Waals surface area contributed by atoms with Gasteiger partial charge in [0.25, 0.3) is 0 Å². The summed E-state index contributed by atoms with van der Waals surface area (Å²) in [5.41, 5.74) is 6.85. The quantitative estimate of drug-likeness (QED) is 0.606. The Balaban J connectivity index is 2.26. The maximum atomic E-state index is 2.48. The van der Waals surface area contributed by atoms with Crippen molar-refractivity contribution in [3.63, 3.8) is 0 Å². The molecule has 0 saturated heterocycles. The maximum Gasteiger partial charge on any atom is -0.00881 e. The van der Waals surface area contributed by atoms with Gasteiger partial charge in [0.2, 0.25) is 0 Å². The van der Waals surface area contributed by atoms with Crippen LogP contribution in [0.15, 0.2) is 18.2 Å². The summed E-state index contributed by atoms with van der Waals surface area (Å²) in [4.78, 5) is 0. The van der Waals surface area contributed by atoms with E-state index in [1.165, 1.54) is 24.0 Å². The topological polar surface area (TPSA) is 0 Å². The Kier molecular flexibility index (Phi) is 2.12. The SMILES string of the molecule is CC1(C)CCC(C)(C)c2cc3c(cc21)C=CC3. The maximum absolute atomic E-state index is 2.48. The second kappa shape index (κ2) is 3.25. The highest BCUT2D eigenvalue weighted by Gasteiger charge is 2.37. The molecule has 0 heteroatoms. The number of hydrogen-bond donors (Lipinski definition) is 0. The molecular formula is C17H22. The predicted molar refractivity (Wildman–Crippen MR) is 74.5 cm³/mol. The van der Waals surface area contributed by atoms with Crippen LogP contribution in [0.3, 0.4) is 0 Å². The van der Waals surface area contributed by atoms with E-state index in [0.29, 0.717) is 10.8 Å². The minimum absolute atomic E-state index is 0.344. The molecule has 1 aromatic carbocycles. The van der Waals surface area contributed by atoms with E-state index in [1.54, 1.807) is 11.1 Å². The van der Waals surface area contributed by atoms with Crippen molar-refractivity contribution in [2.45, 2.75) is 57.8 Å². The average molecular weight is 226 g/mol. The molecule has 0 fully saturated rings. The minimum Gasteiger partial charge on any atom is -0.0795 e. The van der Waals surface area contributed by atoms with E-state index in [1.807, 2.05) is 0 Å². The van der Waals surface area contributed by atoms with Crippen LogP contribution in [0.2, 0.25) is 0 Å². The first-order valence-corrected chi connectivity index (χ1v) is 6.75. The van der Waals surface area contributed by atoms with Crippen LogP contribution >= 0.6 is 0 Å². The van der Waals surface area contributed by atoms with Crippen molar-refractivity contribution in [3.8, 4) is 0 Å². The lowest BCUT2D eigenvalue weighted by molar-refractivity contribution is 0.331. The van der Waals surface area contributed by atoms with Crippen LogP contribution in [0, 0.1) is 0 Å². The molecule has 2 aliphatic rings. The first kappa shape index (κ1) is 11.1. The third-order valence-corrected chi connectivity index (χ3v) is 4.75. The number of fused-ring (bicyclic) bond motifs is 2. The third-order valence-electron chi connectivity index (χ3n) is 4.75. The van der Waals surface area contributed by atoms with Gasteiger partial charge in [-0.15, -0.1) is 0 Å². The van der Waals surface area contributed by atoms with Crippen LogP contribution in [0.5, 0.6) is 0 Å². The van der Waals surface area contributed by atoms with Gasteiger partial charge in [0.15, 0.2) is 0 Å². The predicted octanol–water partition coefficient (Wildman–Crippen LogP) is 4.60. The molecule has 0 atom stereocenters. The zero-order chi connectivity index (χ0) is 12.3. The van der Waals surface area contributed by atoms with Gasteiger partial charge >= 0.3 is 0 Å². The summed E-state index contributed by atoms with van der Waals surface area (Å²) in [7, 11) is 0. The van der Waals surface area contributed by atoms with Crippen LogP contribution in [0.25, 0.3) is 6.08 Å². The summed E-state index contributed by atoms with van der Waals surface area (Å²) in [6, 6.07) is 4.93. The van der Waals surface area contributed by atoms with E-state index in [9.17, 15) is 0 Å². The molecule has 0 heterocycles. The highest BCUT2D eigenvalue weighted by molar-refractivity contribution is 5.63. The highest BCUT2D eigenvalue weighted by Crippen LogP contribution is 2.47. The van der Waals surface area contributed by atoms with Crippen molar-refractivity contribution in [3.05, 3.63) is 40.5 Å². The molecule has 0 amide bonds. The third kappa shape index (κ3) is 1.57. The van der Waals surface area contributed by atoms with Crippen LogP contribution in [-0.4, -0.2) is 0 Å². The summed E-state index contributed by atoms with van der Waals surface area (Å²) < 4.78 is 0. The summed E-state index contributed by atoms with van der Waals surface area (Å²) in [5, 5.41) is 0. The lowest BCUT2D eigenvalue weighted by Crippen LogP contribution is -2.34. The number of benzene rings is 1. The van der Waals surface area contributed by atoms with E-state index in [2.05, 4.69) is 52.0 Å². The molecule has 90 valence electrons. The Bertz CT molecular complexity index is 501. The van der Waals surface area contributed by atoms with Gasteiger partial charge in [-0.2, -0.15) is 0 Å². The number of hydrogen-bond acceptors (Lipinski definition) is 0. The zero-order valence-electron chi connectivity index (χ0n) is 11.4. The fourth-order valence-electron chi connectivity index (χ4n) is 3.32. The molecule has 2 aliphatic carbocycles. The summed E-state index contributed by atoms with van der Waals surface area (Å²) >= 11 is 0. The van der Waals surface area contributed by atoms with Crippen LogP contribution in [0.4, 0.5) is 0 Å². The van der Waals surface area contributed by atoms with Crippen LogP contribution in [-0.2, 0) is 17.3 Å². The van der Waals surface area contributed by atoms with Crippen molar-refractivity contribution >= 4 is 6.08 Å². The van der Waals surface area contributed by atoms with Crippen molar-refractivity contribution in [2.24, 2.45) is 0 Å². The van der Waals surface area contributed by atoms with Gasteiger partial charge in [0.1, 0.15) is 0 Å². The van der Waals surface area contributed by atoms with Gasteiger partial charge in [-0.3, -0.25) is 0 Å². The standard InChI is InChI=1S/C17H22/c1-16(2)8-9-17(3,4)15-11-13-7-5-6-12(13)10-14(15)16/h5-6,10-11H,7-9H2,1-4H3. The summed E-state index contributed by atoms with van der Waals surface area (Å²) in [6.45, 7) is 9.59. The Morgan fingerprint density at radius 3 is 2.12 bits per heavy atom. The van der Waals surface area contributed by atoms with Crippen molar-refractivity contribution in [1.29, 1.82) is 0 Å². The number of allylic oxidation sites excluding steroid dienone is 1. The molecule has 0 nitrogen and oxygen atoms in total. The lowest BCUT2D eigenvalue weighted by Gasteiger charge is -2.42. The second-order valence-corrected chi connectivity index (χ2v) is 6.97. The van der Waals surface area contributed by atoms with Gasteiger partial charge in [-0.25, -0.2) is 0 Å². The molecule has 0 aromatic heterocycles. The fourth-order valence-corrected chi connectivity index (χ4v) is 3.32. The summed E-state index contributed by atoms with van der Waals surface area (Å²) in [5.74, 6) is 0. The zero-order valence-corrected chi connectivity index (χ0v) is 11.4. The Morgan fingerprint density at radius 2 is 1.47 bits per heavy atom. The molecule has 0 unspecified atom stereocenters. The van der Waals surface area contributed by atoms with Crippen LogP contribution in [0.1, 0.15) is 62.8 Å². The van der Waals surface area contributed by atoms with E-state index in [4.69, 9.17) is 0 Å². The fraction of sp³-hybridized carbons (Fsp3) is 0.529. The van der Waals surface area contributed by atoms with Crippen molar-refractivity contribution < 1.29 is 0 Å². The Labute approximate surface area is 105 Å². The molecule has 17 heavy (non-hydrogen) atoms. The molecule has 0 aliphatic heterocycles. The van der Waals surface area contributed by atoms with Crippen molar-refractivity contribution in [1.82, 2.24) is 0 Å². The van der Waals surface area contributed by atoms with Crippen LogP contribution < -0.4 is 0 Å². The monoisotopic (exact) mass is 226 g/mol. The smallest absolute Gasteiger partial charge is 0.00881 e. The summed E-state index contributed by atoms with van der Waals surface area (Å²) in [6.07, 6.45) is 8.30. The average Bonchev–Trinajstić information content (AvgIpc) is 2.70. The van der Waals surface area contributed by atoms with Gasteiger partial charge in [-0.1, -0.05) is 52.0 Å². The Morgan fingerprint density at radius 1 is 0.882 bits per heavy atom. The normalized spacial score (nSPS) is 23.3. The van der Waals surface area contributed by atoms with Gasteiger partial charge in [0.05, 0.1) is 0 Å². The van der Waals surface area contributed by atoms with E-state index in [-0.39, 0.29) is 0 Å². The number of rotatable bonds is 0. The van der Waals surface area contributed by atoms with Gasteiger partial charge in [0, 0.05) is 0 Å². The molecule has 0 N–H and O–H groups in total. The Hall–Kier alpha value is -1.04. The first-order valence-electron chi connectivity index (χ1n) is 6.75. The molecule has 3 rings (SSSR count). The molecule has 0 radical (unpaired) electrons. The molecular weight excluding hydrogens is 204 g/mol. The van der Waals surface area contributed by atoms with E-state index in [0.717, 1.165) is 6.42 Å². The molecule has 1 aromatic rings. The largest absolute Gasteiger partial charge is 0.0795 e. The lowest BCUT2D eigenvalue weighted by atomic mass is 9.62. The minimum atomic E-state index is 0.344. The molecule has 0 spiro atoms. The molecule has 0 saturated carbocycles. The molecule has 0 bridgehead atoms. The van der Waals surface area contributed by atoms with Gasteiger partial charge in [-0.05, 0) is 52.3 Å².